The van der Waals surface area contributed by atoms with E-state index in [0.717, 1.165) is 18.7 Å². The number of hydrogen-bond donors (Lipinski definition) is 1. The first-order valence-corrected chi connectivity index (χ1v) is 7.00. The Labute approximate surface area is 106 Å². The average Bonchev–Trinajstić information content (AvgIpc) is 2.40. The fourth-order valence-electron chi connectivity index (χ4n) is 1.87. The number of Topliss-reactive ketones (excluding diaryl/α,β-unsaturated/α-hetero) is 1. The first-order valence-electron chi connectivity index (χ1n) is 5.78. The summed E-state index contributed by atoms with van der Waals surface area (Å²) in [6.07, 6.45) is 2.54. The van der Waals surface area contributed by atoms with Gasteiger partial charge >= 0.3 is 0 Å². The fourth-order valence-corrected chi connectivity index (χ4v) is 2.28. The van der Waals surface area contributed by atoms with E-state index in [4.69, 9.17) is 4.74 Å². The van der Waals surface area contributed by atoms with Gasteiger partial charge in [0, 0.05) is 29.5 Å². The highest BCUT2D eigenvalue weighted by atomic mass is 32.2. The SMILES string of the molecule is CSc1ccc(C(=O)CC2COCCN2)cc1. The maximum absolute atomic E-state index is 12.0. The highest BCUT2D eigenvalue weighted by Crippen LogP contribution is 2.16. The maximum Gasteiger partial charge on any atom is 0.164 e. The monoisotopic (exact) mass is 251 g/mol. The number of ether oxygens (including phenoxy) is 1. The first kappa shape index (κ1) is 12.6. The van der Waals surface area contributed by atoms with Crippen LogP contribution in [0.5, 0.6) is 0 Å². The van der Waals surface area contributed by atoms with Gasteiger partial charge in [-0.1, -0.05) is 12.1 Å². The molecule has 1 unspecified atom stereocenters. The third kappa shape index (κ3) is 3.56. The van der Waals surface area contributed by atoms with Crippen molar-refractivity contribution in [1.29, 1.82) is 0 Å². The van der Waals surface area contributed by atoms with Gasteiger partial charge in [-0.25, -0.2) is 0 Å². The van der Waals surface area contributed by atoms with Crippen LogP contribution in [0.15, 0.2) is 29.2 Å². The van der Waals surface area contributed by atoms with Crippen LogP contribution >= 0.6 is 11.8 Å². The molecule has 1 fully saturated rings. The largest absolute Gasteiger partial charge is 0.378 e. The fraction of sp³-hybridized carbons (Fsp3) is 0.462. The minimum absolute atomic E-state index is 0.163. The molecule has 1 aromatic rings. The number of thioether (sulfide) groups is 1. The number of rotatable bonds is 4. The quantitative estimate of drug-likeness (QED) is 0.656. The number of nitrogens with one attached hydrogen (secondary N) is 1. The summed E-state index contributed by atoms with van der Waals surface area (Å²) in [6, 6.07) is 7.94. The Morgan fingerprint density at radius 3 is 2.82 bits per heavy atom. The molecular weight excluding hydrogens is 234 g/mol. The zero-order valence-corrected chi connectivity index (χ0v) is 10.8. The van der Waals surface area contributed by atoms with Crippen molar-refractivity contribution in [2.45, 2.75) is 17.4 Å². The highest BCUT2D eigenvalue weighted by molar-refractivity contribution is 7.98. The Kier molecular flexibility index (Phi) is 4.59. The normalized spacial score (nSPS) is 20.2. The molecule has 92 valence electrons. The molecule has 0 aromatic heterocycles. The summed E-state index contributed by atoms with van der Waals surface area (Å²) in [4.78, 5) is 13.2. The van der Waals surface area contributed by atoms with Crippen LogP contribution in [-0.4, -0.2) is 37.8 Å². The third-order valence-corrected chi connectivity index (χ3v) is 3.59. The van der Waals surface area contributed by atoms with Crippen LogP contribution in [0.4, 0.5) is 0 Å². The smallest absolute Gasteiger partial charge is 0.164 e. The van der Waals surface area contributed by atoms with E-state index in [1.807, 2.05) is 30.5 Å². The Morgan fingerprint density at radius 2 is 2.24 bits per heavy atom. The van der Waals surface area contributed by atoms with E-state index in [2.05, 4.69) is 5.32 Å². The van der Waals surface area contributed by atoms with Gasteiger partial charge in [-0.3, -0.25) is 4.79 Å². The molecule has 1 atom stereocenters. The number of ketones is 1. The lowest BCUT2D eigenvalue weighted by atomic mass is 10.0. The third-order valence-electron chi connectivity index (χ3n) is 2.84. The minimum Gasteiger partial charge on any atom is -0.378 e. The molecule has 0 amide bonds. The van der Waals surface area contributed by atoms with E-state index in [-0.39, 0.29) is 11.8 Å². The molecule has 3 nitrogen and oxygen atoms in total. The van der Waals surface area contributed by atoms with Gasteiger partial charge in [0.2, 0.25) is 0 Å². The van der Waals surface area contributed by atoms with Gasteiger partial charge in [-0.15, -0.1) is 11.8 Å². The van der Waals surface area contributed by atoms with Crippen molar-refractivity contribution in [3.8, 4) is 0 Å². The van der Waals surface area contributed by atoms with Crippen LogP contribution in [0.3, 0.4) is 0 Å². The van der Waals surface area contributed by atoms with Crippen molar-refractivity contribution in [1.82, 2.24) is 5.32 Å². The zero-order chi connectivity index (χ0) is 12.1. The predicted octanol–water partition coefficient (Wildman–Crippen LogP) is 1.97. The zero-order valence-electron chi connectivity index (χ0n) is 9.94. The van der Waals surface area contributed by atoms with Gasteiger partial charge in [-0.05, 0) is 18.4 Å². The van der Waals surface area contributed by atoms with Crippen molar-refractivity contribution < 1.29 is 9.53 Å². The van der Waals surface area contributed by atoms with Crippen molar-refractivity contribution >= 4 is 17.5 Å². The van der Waals surface area contributed by atoms with Crippen LogP contribution in [0.25, 0.3) is 0 Å². The lowest BCUT2D eigenvalue weighted by Crippen LogP contribution is -2.42. The Balaban J connectivity index is 1.93. The lowest BCUT2D eigenvalue weighted by Gasteiger charge is -2.23. The van der Waals surface area contributed by atoms with Crippen molar-refractivity contribution in [2.75, 3.05) is 26.0 Å². The molecule has 1 N–H and O–H groups in total. The molecule has 0 spiro atoms. The molecule has 0 bridgehead atoms. The summed E-state index contributed by atoms with van der Waals surface area (Å²) in [5.74, 6) is 0.181. The number of carbonyl (C=O) groups is 1. The first-order chi connectivity index (χ1) is 8.29. The topological polar surface area (TPSA) is 38.3 Å². The number of carbonyl (C=O) groups excluding carboxylic acids is 1. The summed E-state index contributed by atoms with van der Waals surface area (Å²) in [7, 11) is 0. The van der Waals surface area contributed by atoms with Gasteiger partial charge in [0.05, 0.1) is 13.2 Å². The van der Waals surface area contributed by atoms with Crippen molar-refractivity contribution in [2.24, 2.45) is 0 Å². The maximum atomic E-state index is 12.0. The molecule has 0 aliphatic carbocycles. The van der Waals surface area contributed by atoms with E-state index < -0.39 is 0 Å². The number of benzene rings is 1. The molecular formula is C13H17NO2S. The highest BCUT2D eigenvalue weighted by Gasteiger charge is 2.17. The minimum atomic E-state index is 0.163. The summed E-state index contributed by atoms with van der Waals surface area (Å²) < 4.78 is 5.34. The summed E-state index contributed by atoms with van der Waals surface area (Å²) in [5, 5.41) is 3.29. The van der Waals surface area contributed by atoms with Gasteiger partial charge in [0.25, 0.3) is 0 Å². The van der Waals surface area contributed by atoms with E-state index in [1.165, 1.54) is 4.90 Å². The number of morpholine rings is 1. The Hall–Kier alpha value is -0.840. The van der Waals surface area contributed by atoms with Crippen molar-refractivity contribution in [3.05, 3.63) is 29.8 Å². The molecule has 1 aliphatic rings. The van der Waals surface area contributed by atoms with Gasteiger partial charge in [-0.2, -0.15) is 0 Å². The molecule has 1 heterocycles. The molecule has 1 aromatic carbocycles. The Bertz CT molecular complexity index is 372. The van der Waals surface area contributed by atoms with Crippen LogP contribution in [0.1, 0.15) is 16.8 Å². The second kappa shape index (κ2) is 6.19. The van der Waals surface area contributed by atoms with Gasteiger partial charge < -0.3 is 10.1 Å². The Morgan fingerprint density at radius 1 is 1.47 bits per heavy atom. The average molecular weight is 251 g/mol. The lowest BCUT2D eigenvalue weighted by molar-refractivity contribution is 0.0676. The van der Waals surface area contributed by atoms with E-state index >= 15 is 0 Å². The molecule has 17 heavy (non-hydrogen) atoms. The second-order valence-electron chi connectivity index (χ2n) is 4.08. The van der Waals surface area contributed by atoms with E-state index in [1.54, 1.807) is 11.8 Å². The summed E-state index contributed by atoms with van der Waals surface area (Å²) >= 11 is 1.68. The van der Waals surface area contributed by atoms with Crippen LogP contribution in [0, 0.1) is 0 Å². The molecule has 1 aliphatic heterocycles. The molecule has 2 rings (SSSR count). The molecule has 4 heteroatoms. The van der Waals surface area contributed by atoms with Crippen LogP contribution < -0.4 is 5.32 Å². The summed E-state index contributed by atoms with van der Waals surface area (Å²) in [6.45, 7) is 2.21. The second-order valence-corrected chi connectivity index (χ2v) is 4.96. The molecule has 0 saturated carbocycles. The van der Waals surface area contributed by atoms with Gasteiger partial charge in [0.15, 0.2) is 5.78 Å². The molecule has 0 radical (unpaired) electrons. The molecule has 1 saturated heterocycles. The van der Waals surface area contributed by atoms with E-state index in [9.17, 15) is 4.79 Å². The van der Waals surface area contributed by atoms with Crippen LogP contribution in [0.2, 0.25) is 0 Å². The summed E-state index contributed by atoms with van der Waals surface area (Å²) in [5.41, 5.74) is 0.787. The van der Waals surface area contributed by atoms with Crippen molar-refractivity contribution in [3.63, 3.8) is 0 Å². The predicted molar refractivity (Wildman–Crippen MR) is 69.8 cm³/mol. The standard InChI is InChI=1S/C13H17NO2S/c1-17-12-4-2-10(3-5-12)13(15)8-11-9-16-7-6-14-11/h2-5,11,14H,6-9H2,1H3. The van der Waals surface area contributed by atoms with Gasteiger partial charge in [0.1, 0.15) is 0 Å². The number of hydrogen-bond acceptors (Lipinski definition) is 4. The van der Waals surface area contributed by atoms with Crippen LogP contribution in [-0.2, 0) is 4.74 Å². The van der Waals surface area contributed by atoms with E-state index in [0.29, 0.717) is 13.0 Å².